The summed E-state index contributed by atoms with van der Waals surface area (Å²) in [6.07, 6.45) is 0. The average Bonchev–Trinajstić information content (AvgIpc) is 2.77. The quantitative estimate of drug-likeness (QED) is 0.317. The van der Waals surface area contributed by atoms with Crippen LogP contribution in [0.1, 0.15) is 18.1 Å². The molecule has 0 saturated carbocycles. The molecule has 1 aromatic heterocycles. The molecule has 0 bridgehead atoms. The molecule has 3 aromatic carbocycles. The summed E-state index contributed by atoms with van der Waals surface area (Å²) >= 11 is 1.02. The predicted molar refractivity (Wildman–Crippen MR) is 127 cm³/mol. The predicted octanol–water partition coefficient (Wildman–Crippen LogP) is 5.40. The Morgan fingerprint density at radius 3 is 2.55 bits per heavy atom. The summed E-state index contributed by atoms with van der Waals surface area (Å²) in [5.41, 5.74) is 2.48. The summed E-state index contributed by atoms with van der Waals surface area (Å²) in [5.74, 6) is -1.95. The van der Waals surface area contributed by atoms with Crippen LogP contribution in [0.5, 0.6) is 0 Å². The summed E-state index contributed by atoms with van der Waals surface area (Å²) in [5, 5.41) is 2.65. The number of nitrogens with zero attached hydrogens (tertiary/aromatic N) is 2. The SMILES string of the molecule is Cc1ccc(NC(=O)C(C)Sc2nc3ccccc3c(=O)n2-c2ccc(F)cc2F)c(C)c1. The van der Waals surface area contributed by atoms with E-state index in [0.717, 1.165) is 33.5 Å². The number of hydrogen-bond donors (Lipinski definition) is 1. The van der Waals surface area contributed by atoms with E-state index in [1.807, 2.05) is 32.0 Å². The van der Waals surface area contributed by atoms with Gasteiger partial charge in [-0.2, -0.15) is 0 Å². The molecule has 33 heavy (non-hydrogen) atoms. The number of aromatic nitrogens is 2. The van der Waals surface area contributed by atoms with Crippen LogP contribution in [0.2, 0.25) is 0 Å². The summed E-state index contributed by atoms with van der Waals surface area (Å²) in [7, 11) is 0. The third kappa shape index (κ3) is 4.66. The average molecular weight is 466 g/mol. The molecule has 168 valence electrons. The number of amides is 1. The van der Waals surface area contributed by atoms with E-state index in [4.69, 9.17) is 0 Å². The number of rotatable bonds is 5. The van der Waals surface area contributed by atoms with E-state index in [2.05, 4.69) is 10.3 Å². The number of halogens is 2. The zero-order chi connectivity index (χ0) is 23.7. The Bertz CT molecular complexity index is 1440. The first-order chi connectivity index (χ1) is 15.7. The topological polar surface area (TPSA) is 64.0 Å². The first-order valence-electron chi connectivity index (χ1n) is 10.3. The molecule has 0 aliphatic carbocycles. The minimum absolute atomic E-state index is 0.132. The number of benzene rings is 3. The third-order valence-corrected chi connectivity index (χ3v) is 6.24. The number of aryl methyl sites for hydroxylation is 2. The van der Waals surface area contributed by atoms with Crippen LogP contribution in [0, 0.1) is 25.5 Å². The summed E-state index contributed by atoms with van der Waals surface area (Å²) in [6.45, 7) is 5.55. The normalized spacial score (nSPS) is 12.0. The van der Waals surface area contributed by atoms with E-state index in [1.54, 1.807) is 31.2 Å². The maximum atomic E-state index is 14.6. The summed E-state index contributed by atoms with van der Waals surface area (Å²) < 4.78 is 29.2. The highest BCUT2D eigenvalue weighted by Gasteiger charge is 2.22. The molecular formula is C25H21F2N3O2S. The molecule has 0 saturated heterocycles. The van der Waals surface area contributed by atoms with Gasteiger partial charge in [-0.25, -0.2) is 13.8 Å². The van der Waals surface area contributed by atoms with Crippen molar-refractivity contribution in [2.24, 2.45) is 0 Å². The van der Waals surface area contributed by atoms with Crippen molar-refractivity contribution in [1.82, 2.24) is 9.55 Å². The number of nitrogens with one attached hydrogen (secondary N) is 1. The molecule has 1 amide bonds. The Morgan fingerprint density at radius 1 is 1.06 bits per heavy atom. The van der Waals surface area contributed by atoms with Gasteiger partial charge in [0.25, 0.3) is 5.56 Å². The molecule has 0 aliphatic rings. The first kappa shape index (κ1) is 22.7. The number of carbonyl (C=O) groups excluding carboxylic acids is 1. The van der Waals surface area contributed by atoms with Crippen molar-refractivity contribution < 1.29 is 13.6 Å². The molecule has 0 fully saturated rings. The van der Waals surface area contributed by atoms with Gasteiger partial charge in [-0.15, -0.1) is 0 Å². The lowest BCUT2D eigenvalue weighted by Crippen LogP contribution is -2.27. The molecule has 1 N–H and O–H groups in total. The van der Waals surface area contributed by atoms with Crippen molar-refractivity contribution in [3.8, 4) is 5.69 Å². The lowest BCUT2D eigenvalue weighted by Gasteiger charge is -2.17. The van der Waals surface area contributed by atoms with Gasteiger partial charge < -0.3 is 5.32 Å². The van der Waals surface area contributed by atoms with Crippen LogP contribution in [0.15, 0.2) is 70.6 Å². The summed E-state index contributed by atoms with van der Waals surface area (Å²) in [6, 6.07) is 15.4. The van der Waals surface area contributed by atoms with Crippen molar-refractivity contribution in [2.45, 2.75) is 31.2 Å². The zero-order valence-electron chi connectivity index (χ0n) is 18.2. The number of carbonyl (C=O) groups is 1. The Labute approximate surface area is 193 Å². The molecular weight excluding hydrogens is 444 g/mol. The Morgan fingerprint density at radius 2 is 1.82 bits per heavy atom. The minimum atomic E-state index is -0.900. The van der Waals surface area contributed by atoms with Crippen LogP contribution in [0.4, 0.5) is 14.5 Å². The van der Waals surface area contributed by atoms with Crippen LogP contribution in [0.3, 0.4) is 0 Å². The van der Waals surface area contributed by atoms with Crippen LogP contribution in [-0.2, 0) is 4.79 Å². The lowest BCUT2D eigenvalue weighted by molar-refractivity contribution is -0.115. The van der Waals surface area contributed by atoms with Gasteiger partial charge in [0.15, 0.2) is 5.16 Å². The molecule has 8 heteroatoms. The van der Waals surface area contributed by atoms with Crippen LogP contribution >= 0.6 is 11.8 Å². The van der Waals surface area contributed by atoms with Crippen LogP contribution in [-0.4, -0.2) is 20.7 Å². The van der Waals surface area contributed by atoms with E-state index in [-0.39, 0.29) is 22.1 Å². The molecule has 4 aromatic rings. The standard InChI is InChI=1S/C25H21F2N3O2S/c1-14-8-10-20(15(2)12-14)28-23(31)16(3)33-25-29-21-7-5-4-6-18(21)24(32)30(25)22-11-9-17(26)13-19(22)27/h4-13,16H,1-3H3,(H,28,31). The second-order valence-corrected chi connectivity index (χ2v) is 9.02. The minimum Gasteiger partial charge on any atom is -0.325 e. The van der Waals surface area contributed by atoms with Gasteiger partial charge in [0.1, 0.15) is 11.6 Å². The number of para-hydroxylation sites is 1. The van der Waals surface area contributed by atoms with E-state index in [1.165, 1.54) is 6.07 Å². The van der Waals surface area contributed by atoms with Gasteiger partial charge in [-0.05, 0) is 56.7 Å². The van der Waals surface area contributed by atoms with Gasteiger partial charge in [-0.1, -0.05) is 41.6 Å². The highest BCUT2D eigenvalue weighted by Crippen LogP contribution is 2.27. The second kappa shape index (κ2) is 9.15. The fraction of sp³-hybridized carbons (Fsp3) is 0.160. The smallest absolute Gasteiger partial charge is 0.266 e. The molecule has 1 atom stereocenters. The molecule has 0 aliphatic heterocycles. The number of fused-ring (bicyclic) bond motifs is 1. The Hall–Kier alpha value is -3.52. The van der Waals surface area contributed by atoms with Gasteiger partial charge in [0.05, 0.1) is 21.8 Å². The molecule has 4 rings (SSSR count). The number of hydrogen-bond acceptors (Lipinski definition) is 4. The van der Waals surface area contributed by atoms with Crippen molar-refractivity contribution in [3.05, 3.63) is 93.8 Å². The van der Waals surface area contributed by atoms with Crippen LogP contribution in [0.25, 0.3) is 16.6 Å². The molecule has 1 heterocycles. The first-order valence-corrected chi connectivity index (χ1v) is 11.1. The highest BCUT2D eigenvalue weighted by molar-refractivity contribution is 8.00. The van der Waals surface area contributed by atoms with Gasteiger partial charge in [0, 0.05) is 11.8 Å². The highest BCUT2D eigenvalue weighted by atomic mass is 32.2. The maximum absolute atomic E-state index is 14.6. The van der Waals surface area contributed by atoms with Crippen LogP contribution < -0.4 is 10.9 Å². The summed E-state index contributed by atoms with van der Waals surface area (Å²) in [4.78, 5) is 30.7. The molecule has 5 nitrogen and oxygen atoms in total. The van der Waals surface area contributed by atoms with Gasteiger partial charge in [-0.3, -0.25) is 14.2 Å². The van der Waals surface area contributed by atoms with E-state index in [9.17, 15) is 18.4 Å². The second-order valence-electron chi connectivity index (χ2n) is 7.72. The molecule has 0 spiro atoms. The zero-order valence-corrected chi connectivity index (χ0v) is 19.0. The van der Waals surface area contributed by atoms with E-state index in [0.29, 0.717) is 17.3 Å². The van der Waals surface area contributed by atoms with Crippen molar-refractivity contribution >= 4 is 34.3 Å². The van der Waals surface area contributed by atoms with E-state index < -0.39 is 22.4 Å². The Kier molecular flexibility index (Phi) is 6.29. The van der Waals surface area contributed by atoms with Crippen molar-refractivity contribution in [1.29, 1.82) is 0 Å². The monoisotopic (exact) mass is 465 g/mol. The van der Waals surface area contributed by atoms with Crippen molar-refractivity contribution in [2.75, 3.05) is 5.32 Å². The van der Waals surface area contributed by atoms with E-state index >= 15 is 0 Å². The van der Waals surface area contributed by atoms with Gasteiger partial charge >= 0.3 is 0 Å². The third-order valence-electron chi connectivity index (χ3n) is 5.19. The fourth-order valence-corrected chi connectivity index (χ4v) is 4.39. The number of thioether (sulfide) groups is 1. The lowest BCUT2D eigenvalue weighted by atomic mass is 10.1. The van der Waals surface area contributed by atoms with Gasteiger partial charge in [0.2, 0.25) is 5.91 Å². The Balaban J connectivity index is 1.74. The molecule has 1 unspecified atom stereocenters. The van der Waals surface area contributed by atoms with Crippen molar-refractivity contribution in [3.63, 3.8) is 0 Å². The fourth-order valence-electron chi connectivity index (χ4n) is 3.47. The maximum Gasteiger partial charge on any atom is 0.266 e. The largest absolute Gasteiger partial charge is 0.325 e. The number of anilines is 1. The molecule has 0 radical (unpaired) electrons.